The normalized spacial score (nSPS) is 11.1. The predicted molar refractivity (Wildman–Crippen MR) is 96.9 cm³/mol. The van der Waals surface area contributed by atoms with E-state index in [-0.39, 0.29) is 0 Å². The minimum absolute atomic E-state index is 0.585. The summed E-state index contributed by atoms with van der Waals surface area (Å²) in [4.78, 5) is 0. The summed E-state index contributed by atoms with van der Waals surface area (Å²) in [6.45, 7) is 7.49. The van der Waals surface area contributed by atoms with Crippen LogP contribution in [0.5, 0.6) is 5.75 Å². The molecule has 1 nitrogen and oxygen atoms in total. The van der Waals surface area contributed by atoms with E-state index in [0.717, 1.165) is 24.5 Å². The molecule has 0 aliphatic rings. The molecule has 120 valence electrons. The first kappa shape index (κ1) is 18.4. The zero-order valence-corrected chi connectivity index (χ0v) is 14.9. The van der Waals surface area contributed by atoms with Gasteiger partial charge < -0.3 is 4.74 Å². The van der Waals surface area contributed by atoms with E-state index in [9.17, 15) is 0 Å². The molecule has 1 rings (SSSR count). The monoisotopic (exact) mass is 308 g/mol. The number of benzene rings is 1. The maximum absolute atomic E-state index is 5.86. The number of unbranched alkanes of at least 4 members (excludes halogenated alkanes) is 6. The zero-order valence-electron chi connectivity index (χ0n) is 14.0. The minimum atomic E-state index is 0.585. The second-order valence-electron chi connectivity index (χ2n) is 6.22. The molecule has 21 heavy (non-hydrogen) atoms. The van der Waals surface area contributed by atoms with E-state index in [4.69, 9.17) is 4.74 Å². The quantitative estimate of drug-likeness (QED) is 0.380. The highest BCUT2D eigenvalue weighted by atomic mass is 32.1. The van der Waals surface area contributed by atoms with E-state index in [2.05, 4.69) is 51.6 Å². The molecule has 0 saturated carbocycles. The maximum atomic E-state index is 5.86. The van der Waals surface area contributed by atoms with E-state index in [0.29, 0.717) is 5.92 Å². The molecular weight excluding hydrogens is 276 g/mol. The summed E-state index contributed by atoms with van der Waals surface area (Å²) >= 11 is 4.23. The van der Waals surface area contributed by atoms with Gasteiger partial charge in [0, 0.05) is 0 Å². The molecule has 0 amide bonds. The van der Waals surface area contributed by atoms with Crippen LogP contribution in [0, 0.1) is 6.92 Å². The summed E-state index contributed by atoms with van der Waals surface area (Å²) in [7, 11) is 0. The van der Waals surface area contributed by atoms with Gasteiger partial charge in [0.2, 0.25) is 0 Å². The van der Waals surface area contributed by atoms with Crippen molar-refractivity contribution in [3.8, 4) is 5.75 Å². The highest BCUT2D eigenvalue weighted by Gasteiger charge is 2.04. The highest BCUT2D eigenvalue weighted by molar-refractivity contribution is 7.80. The van der Waals surface area contributed by atoms with Gasteiger partial charge in [0.25, 0.3) is 0 Å². The van der Waals surface area contributed by atoms with Gasteiger partial charge in [-0.1, -0.05) is 52.0 Å². The average Bonchev–Trinajstić information content (AvgIpc) is 2.45. The predicted octanol–water partition coefficient (Wildman–Crippen LogP) is 6.16. The first-order chi connectivity index (χ1) is 10.1. The van der Waals surface area contributed by atoms with Crippen LogP contribution >= 0.6 is 12.6 Å². The van der Waals surface area contributed by atoms with Crippen LogP contribution in [0.15, 0.2) is 18.2 Å². The molecular formula is C19H32OS. The molecule has 0 aliphatic carbocycles. The Morgan fingerprint density at radius 2 is 1.57 bits per heavy atom. The fourth-order valence-corrected chi connectivity index (χ4v) is 2.90. The molecule has 1 aromatic rings. The first-order valence-corrected chi connectivity index (χ1v) is 9.12. The third kappa shape index (κ3) is 7.80. The van der Waals surface area contributed by atoms with Crippen LogP contribution in [0.1, 0.15) is 75.8 Å². The number of hydrogen-bond donors (Lipinski definition) is 1. The standard InChI is InChI=1S/C19H32OS/c1-16(2)19-12-11-18(15-17(19)3)20-13-9-7-5-4-6-8-10-14-21/h11-12,15-16,21H,4-10,13-14H2,1-3H3. The molecule has 1 aromatic carbocycles. The molecule has 0 spiro atoms. The lowest BCUT2D eigenvalue weighted by Gasteiger charge is -2.12. The van der Waals surface area contributed by atoms with Crippen LogP contribution in [0.2, 0.25) is 0 Å². The van der Waals surface area contributed by atoms with Crippen LogP contribution < -0.4 is 4.74 Å². The molecule has 0 unspecified atom stereocenters. The number of rotatable bonds is 11. The smallest absolute Gasteiger partial charge is 0.119 e. The van der Waals surface area contributed by atoms with Gasteiger partial charge >= 0.3 is 0 Å². The first-order valence-electron chi connectivity index (χ1n) is 8.49. The summed E-state index contributed by atoms with van der Waals surface area (Å²) in [5.41, 5.74) is 2.76. The van der Waals surface area contributed by atoms with Gasteiger partial charge in [-0.25, -0.2) is 0 Å². The van der Waals surface area contributed by atoms with Gasteiger partial charge in [0.1, 0.15) is 5.75 Å². The zero-order chi connectivity index (χ0) is 15.5. The fourth-order valence-electron chi connectivity index (χ4n) is 2.67. The van der Waals surface area contributed by atoms with Crippen molar-refractivity contribution < 1.29 is 4.74 Å². The molecule has 0 aromatic heterocycles. The lowest BCUT2D eigenvalue weighted by molar-refractivity contribution is 0.304. The van der Waals surface area contributed by atoms with Gasteiger partial charge in [-0.15, -0.1) is 0 Å². The third-order valence-corrected chi connectivity index (χ3v) is 4.25. The number of ether oxygens (including phenoxy) is 1. The van der Waals surface area contributed by atoms with Crippen LogP contribution in [0.25, 0.3) is 0 Å². The second kappa shape index (κ2) is 11.0. The van der Waals surface area contributed by atoms with Gasteiger partial charge in [-0.2, -0.15) is 12.6 Å². The molecule has 2 heteroatoms. The molecule has 0 aliphatic heterocycles. The lowest BCUT2D eigenvalue weighted by atomic mass is 9.98. The number of thiol groups is 1. The summed E-state index contributed by atoms with van der Waals surface area (Å²) in [5.74, 6) is 2.63. The Hall–Kier alpha value is -0.630. The highest BCUT2D eigenvalue weighted by Crippen LogP contribution is 2.23. The van der Waals surface area contributed by atoms with Crippen molar-refractivity contribution in [3.63, 3.8) is 0 Å². The summed E-state index contributed by atoms with van der Waals surface area (Å²) in [5, 5.41) is 0. The van der Waals surface area contributed by atoms with E-state index >= 15 is 0 Å². The van der Waals surface area contributed by atoms with Crippen molar-refractivity contribution in [2.24, 2.45) is 0 Å². The molecule has 0 atom stereocenters. The SMILES string of the molecule is Cc1cc(OCCCCCCCCCS)ccc1C(C)C. The van der Waals surface area contributed by atoms with Crippen molar-refractivity contribution in [1.82, 2.24) is 0 Å². The number of hydrogen-bond acceptors (Lipinski definition) is 2. The summed E-state index contributed by atoms with van der Waals surface area (Å²) in [6, 6.07) is 6.49. The second-order valence-corrected chi connectivity index (χ2v) is 6.67. The largest absolute Gasteiger partial charge is 0.494 e. The Balaban J connectivity index is 2.11. The van der Waals surface area contributed by atoms with E-state index < -0.39 is 0 Å². The van der Waals surface area contributed by atoms with E-state index in [1.165, 1.54) is 49.7 Å². The molecule has 0 bridgehead atoms. The third-order valence-electron chi connectivity index (χ3n) is 3.93. The Bertz CT molecular complexity index is 387. The van der Waals surface area contributed by atoms with Crippen molar-refractivity contribution >= 4 is 12.6 Å². The van der Waals surface area contributed by atoms with Crippen molar-refractivity contribution in [1.29, 1.82) is 0 Å². The molecule has 0 fully saturated rings. The van der Waals surface area contributed by atoms with Crippen molar-refractivity contribution in [3.05, 3.63) is 29.3 Å². The summed E-state index contributed by atoms with van der Waals surface area (Å²) in [6.07, 6.45) is 9.09. The van der Waals surface area contributed by atoms with Crippen LogP contribution in [-0.2, 0) is 0 Å². The molecule has 0 saturated heterocycles. The average molecular weight is 309 g/mol. The number of aryl methyl sites for hydroxylation is 1. The summed E-state index contributed by atoms with van der Waals surface area (Å²) < 4.78 is 5.86. The topological polar surface area (TPSA) is 9.23 Å². The van der Waals surface area contributed by atoms with Crippen molar-refractivity contribution in [2.75, 3.05) is 12.4 Å². The van der Waals surface area contributed by atoms with Crippen molar-refractivity contribution in [2.45, 2.75) is 71.6 Å². The molecule has 0 N–H and O–H groups in total. The Labute approximate surface area is 136 Å². The fraction of sp³-hybridized carbons (Fsp3) is 0.684. The van der Waals surface area contributed by atoms with Gasteiger partial charge in [-0.05, 0) is 54.7 Å². The minimum Gasteiger partial charge on any atom is -0.494 e. The Morgan fingerprint density at radius 3 is 2.14 bits per heavy atom. The van der Waals surface area contributed by atoms with Crippen LogP contribution in [0.4, 0.5) is 0 Å². The van der Waals surface area contributed by atoms with Crippen LogP contribution in [0.3, 0.4) is 0 Å². The maximum Gasteiger partial charge on any atom is 0.119 e. The van der Waals surface area contributed by atoms with Gasteiger partial charge in [-0.3, -0.25) is 0 Å². The molecule has 0 radical (unpaired) electrons. The Morgan fingerprint density at radius 1 is 0.952 bits per heavy atom. The van der Waals surface area contributed by atoms with E-state index in [1.807, 2.05) is 0 Å². The lowest BCUT2D eigenvalue weighted by Crippen LogP contribution is -1.99. The van der Waals surface area contributed by atoms with Crippen LogP contribution in [-0.4, -0.2) is 12.4 Å². The Kier molecular flexibility index (Phi) is 9.65. The van der Waals surface area contributed by atoms with Gasteiger partial charge in [0.05, 0.1) is 6.61 Å². The van der Waals surface area contributed by atoms with Gasteiger partial charge in [0.15, 0.2) is 0 Å². The molecule has 0 heterocycles. The van der Waals surface area contributed by atoms with E-state index in [1.54, 1.807) is 0 Å².